The minimum Gasteiger partial charge on any atom is -0.310 e. The fraction of sp³-hybridized carbons (Fsp3) is 0.667. The fourth-order valence-corrected chi connectivity index (χ4v) is 2.76. The Bertz CT molecular complexity index is 324. The summed E-state index contributed by atoms with van der Waals surface area (Å²) in [6, 6.07) is 9.34. The van der Waals surface area contributed by atoms with Gasteiger partial charge >= 0.3 is 0 Å². The van der Waals surface area contributed by atoms with Crippen molar-refractivity contribution in [3.8, 4) is 0 Å². The van der Waals surface area contributed by atoms with Crippen molar-refractivity contribution in [2.24, 2.45) is 0 Å². The molecular formula is C18H30BrN. The van der Waals surface area contributed by atoms with E-state index in [4.69, 9.17) is 0 Å². The van der Waals surface area contributed by atoms with Gasteiger partial charge in [-0.1, -0.05) is 80.4 Å². The lowest BCUT2D eigenvalue weighted by molar-refractivity contribution is 0.417. The smallest absolute Gasteiger partial charge is 0.0208 e. The molecule has 114 valence electrons. The molecule has 0 heterocycles. The Kier molecular flexibility index (Phi) is 10.0. The summed E-state index contributed by atoms with van der Waals surface area (Å²) in [6.07, 6.45) is 10.7. The molecule has 0 spiro atoms. The average molecular weight is 340 g/mol. The first-order valence-corrected chi connectivity index (χ1v) is 9.03. The van der Waals surface area contributed by atoms with Gasteiger partial charge < -0.3 is 5.32 Å². The largest absolute Gasteiger partial charge is 0.310 e. The van der Waals surface area contributed by atoms with Crippen LogP contribution in [0, 0.1) is 0 Å². The van der Waals surface area contributed by atoms with Gasteiger partial charge in [0.05, 0.1) is 0 Å². The van der Waals surface area contributed by atoms with Crippen molar-refractivity contribution in [3.63, 3.8) is 0 Å². The summed E-state index contributed by atoms with van der Waals surface area (Å²) in [5, 5.41) is 3.76. The maximum atomic E-state index is 3.76. The Labute approximate surface area is 133 Å². The lowest BCUT2D eigenvalue weighted by Gasteiger charge is -2.19. The van der Waals surface area contributed by atoms with Crippen LogP contribution in [0.15, 0.2) is 28.7 Å². The van der Waals surface area contributed by atoms with Crippen LogP contribution in [0.1, 0.15) is 70.8 Å². The zero-order valence-electron chi connectivity index (χ0n) is 13.1. The van der Waals surface area contributed by atoms with Crippen LogP contribution in [0.25, 0.3) is 0 Å². The zero-order chi connectivity index (χ0) is 14.6. The SMILES string of the molecule is CCCCCC(CCCCC)NCc1ccc(Br)cc1. The summed E-state index contributed by atoms with van der Waals surface area (Å²) < 4.78 is 1.16. The number of halogens is 1. The summed E-state index contributed by atoms with van der Waals surface area (Å²) in [4.78, 5) is 0. The first-order valence-electron chi connectivity index (χ1n) is 8.24. The molecule has 0 saturated heterocycles. The predicted molar refractivity (Wildman–Crippen MR) is 93.1 cm³/mol. The van der Waals surface area contributed by atoms with Crippen LogP contribution in [0.4, 0.5) is 0 Å². The summed E-state index contributed by atoms with van der Waals surface area (Å²) >= 11 is 3.49. The van der Waals surface area contributed by atoms with Gasteiger partial charge in [0.25, 0.3) is 0 Å². The van der Waals surface area contributed by atoms with Crippen LogP contribution in [0.5, 0.6) is 0 Å². The third-order valence-electron chi connectivity index (χ3n) is 3.82. The first-order chi connectivity index (χ1) is 9.76. The molecule has 0 aliphatic heterocycles. The van der Waals surface area contributed by atoms with Crippen molar-refractivity contribution in [3.05, 3.63) is 34.3 Å². The van der Waals surface area contributed by atoms with Gasteiger partial charge in [-0.3, -0.25) is 0 Å². The highest BCUT2D eigenvalue weighted by molar-refractivity contribution is 9.10. The van der Waals surface area contributed by atoms with Gasteiger partial charge in [0.1, 0.15) is 0 Å². The minimum absolute atomic E-state index is 0.691. The van der Waals surface area contributed by atoms with E-state index in [0.717, 1.165) is 11.0 Å². The molecule has 0 atom stereocenters. The minimum atomic E-state index is 0.691. The number of hydrogen-bond acceptors (Lipinski definition) is 1. The molecule has 1 rings (SSSR count). The van der Waals surface area contributed by atoms with Crippen LogP contribution < -0.4 is 5.32 Å². The third-order valence-corrected chi connectivity index (χ3v) is 4.35. The Morgan fingerprint density at radius 1 is 0.900 bits per heavy atom. The van der Waals surface area contributed by atoms with Crippen molar-refractivity contribution in [1.82, 2.24) is 5.32 Å². The van der Waals surface area contributed by atoms with Crippen LogP contribution in [0.3, 0.4) is 0 Å². The van der Waals surface area contributed by atoms with E-state index >= 15 is 0 Å². The molecule has 1 N–H and O–H groups in total. The second-order valence-electron chi connectivity index (χ2n) is 5.70. The lowest BCUT2D eigenvalue weighted by atomic mass is 10.0. The van der Waals surface area contributed by atoms with Crippen molar-refractivity contribution >= 4 is 15.9 Å². The molecule has 0 aromatic heterocycles. The summed E-state index contributed by atoms with van der Waals surface area (Å²) in [6.45, 7) is 5.55. The molecule has 1 nitrogen and oxygen atoms in total. The summed E-state index contributed by atoms with van der Waals surface area (Å²) in [5.74, 6) is 0. The van der Waals surface area contributed by atoms with Crippen molar-refractivity contribution in [1.29, 1.82) is 0 Å². The van der Waals surface area contributed by atoms with Crippen molar-refractivity contribution in [2.45, 2.75) is 77.8 Å². The van der Waals surface area contributed by atoms with Gasteiger partial charge in [-0.2, -0.15) is 0 Å². The molecule has 0 fully saturated rings. The zero-order valence-corrected chi connectivity index (χ0v) is 14.7. The Balaban J connectivity index is 2.35. The van der Waals surface area contributed by atoms with Gasteiger partial charge in [0.2, 0.25) is 0 Å². The molecule has 20 heavy (non-hydrogen) atoms. The highest BCUT2D eigenvalue weighted by atomic mass is 79.9. The Morgan fingerprint density at radius 2 is 1.45 bits per heavy atom. The first kappa shape index (κ1) is 17.7. The summed E-state index contributed by atoms with van der Waals surface area (Å²) in [5.41, 5.74) is 1.38. The highest BCUT2D eigenvalue weighted by Gasteiger charge is 2.07. The number of benzene rings is 1. The Hall–Kier alpha value is -0.340. The van der Waals surface area contributed by atoms with Gasteiger partial charge in [0.15, 0.2) is 0 Å². The van der Waals surface area contributed by atoms with Gasteiger partial charge in [-0.25, -0.2) is 0 Å². The molecule has 0 radical (unpaired) electrons. The van der Waals surface area contributed by atoms with E-state index < -0.39 is 0 Å². The van der Waals surface area contributed by atoms with Crippen LogP contribution in [-0.4, -0.2) is 6.04 Å². The summed E-state index contributed by atoms with van der Waals surface area (Å²) in [7, 11) is 0. The van der Waals surface area contributed by atoms with E-state index in [9.17, 15) is 0 Å². The molecule has 2 heteroatoms. The molecule has 0 bridgehead atoms. The molecule has 0 aliphatic carbocycles. The van der Waals surface area contributed by atoms with Crippen LogP contribution in [0.2, 0.25) is 0 Å². The number of rotatable bonds is 11. The molecule has 0 amide bonds. The highest BCUT2D eigenvalue weighted by Crippen LogP contribution is 2.13. The Morgan fingerprint density at radius 3 is 1.95 bits per heavy atom. The average Bonchev–Trinajstić information content (AvgIpc) is 2.46. The number of hydrogen-bond donors (Lipinski definition) is 1. The normalized spacial score (nSPS) is 11.2. The van der Waals surface area contributed by atoms with Gasteiger partial charge in [-0.05, 0) is 30.5 Å². The fourth-order valence-electron chi connectivity index (χ4n) is 2.49. The molecular weight excluding hydrogens is 310 g/mol. The molecule has 0 aliphatic rings. The van der Waals surface area contributed by atoms with Crippen LogP contribution >= 0.6 is 15.9 Å². The lowest BCUT2D eigenvalue weighted by Crippen LogP contribution is -2.28. The van der Waals surface area contributed by atoms with Gasteiger partial charge in [-0.15, -0.1) is 0 Å². The second-order valence-corrected chi connectivity index (χ2v) is 6.61. The molecule has 1 aromatic rings. The maximum absolute atomic E-state index is 3.76. The van der Waals surface area contributed by atoms with E-state index in [1.807, 2.05) is 0 Å². The topological polar surface area (TPSA) is 12.0 Å². The van der Waals surface area contributed by atoms with E-state index in [0.29, 0.717) is 6.04 Å². The molecule has 0 saturated carbocycles. The standard InChI is InChI=1S/C18H30BrN/c1-3-5-7-9-18(10-8-6-4-2)20-15-16-11-13-17(19)14-12-16/h11-14,18,20H,3-10,15H2,1-2H3. The second kappa shape index (κ2) is 11.3. The quantitative estimate of drug-likeness (QED) is 0.482. The van der Waals surface area contributed by atoms with Crippen LogP contribution in [-0.2, 0) is 6.54 Å². The van der Waals surface area contributed by atoms with E-state index in [-0.39, 0.29) is 0 Å². The molecule has 1 aromatic carbocycles. The van der Waals surface area contributed by atoms with Crippen molar-refractivity contribution < 1.29 is 0 Å². The van der Waals surface area contributed by atoms with E-state index in [2.05, 4.69) is 59.4 Å². The van der Waals surface area contributed by atoms with Crippen molar-refractivity contribution in [2.75, 3.05) is 0 Å². The molecule has 0 unspecified atom stereocenters. The monoisotopic (exact) mass is 339 g/mol. The maximum Gasteiger partial charge on any atom is 0.0208 e. The predicted octanol–water partition coefficient (Wildman–Crippen LogP) is 6.07. The number of nitrogens with one attached hydrogen (secondary N) is 1. The van der Waals surface area contributed by atoms with E-state index in [1.165, 1.54) is 56.9 Å². The number of unbranched alkanes of at least 4 members (excludes halogenated alkanes) is 4. The van der Waals surface area contributed by atoms with Gasteiger partial charge in [0, 0.05) is 17.1 Å². The third kappa shape index (κ3) is 8.06. The van der Waals surface area contributed by atoms with E-state index in [1.54, 1.807) is 0 Å².